The fraction of sp³-hybridized carbons (Fsp3) is 0.154. The molecule has 34 heavy (non-hydrogen) atoms. The zero-order valence-electron chi connectivity index (χ0n) is 18.6. The van der Waals surface area contributed by atoms with E-state index in [1.807, 2.05) is 38.1 Å². The number of hydrogen-bond acceptors (Lipinski definition) is 3. The van der Waals surface area contributed by atoms with E-state index in [9.17, 15) is 9.18 Å². The minimum Gasteiger partial charge on any atom is -0.489 e. The first-order chi connectivity index (χ1) is 16.3. The van der Waals surface area contributed by atoms with Gasteiger partial charge in [0.1, 0.15) is 18.2 Å². The topological polar surface area (TPSA) is 56.1 Å². The first kappa shape index (κ1) is 23.8. The molecular formula is C26H22Cl2FN3O2. The van der Waals surface area contributed by atoms with Crippen molar-refractivity contribution in [1.29, 1.82) is 0 Å². The number of benzene rings is 3. The van der Waals surface area contributed by atoms with E-state index in [4.69, 9.17) is 27.9 Å². The van der Waals surface area contributed by atoms with Crippen LogP contribution < -0.4 is 10.1 Å². The summed E-state index contributed by atoms with van der Waals surface area (Å²) in [4.78, 5) is 12.7. The molecule has 8 heteroatoms. The molecular weight excluding hydrogens is 476 g/mol. The summed E-state index contributed by atoms with van der Waals surface area (Å²) in [6.07, 6.45) is 0. The second kappa shape index (κ2) is 10.3. The van der Waals surface area contributed by atoms with Crippen LogP contribution in [0.5, 0.6) is 5.75 Å². The first-order valence-electron chi connectivity index (χ1n) is 10.6. The van der Waals surface area contributed by atoms with E-state index in [2.05, 4.69) is 10.4 Å². The van der Waals surface area contributed by atoms with Gasteiger partial charge < -0.3 is 10.1 Å². The average Bonchev–Trinajstić information content (AvgIpc) is 3.15. The van der Waals surface area contributed by atoms with E-state index in [-0.39, 0.29) is 5.91 Å². The Balaban J connectivity index is 1.37. The lowest BCUT2D eigenvalue weighted by Crippen LogP contribution is -2.13. The lowest BCUT2D eigenvalue weighted by molar-refractivity contribution is 0.102. The van der Waals surface area contributed by atoms with E-state index in [0.29, 0.717) is 34.6 Å². The summed E-state index contributed by atoms with van der Waals surface area (Å²) in [5.41, 5.74) is 3.95. The van der Waals surface area contributed by atoms with Crippen LogP contribution in [0.2, 0.25) is 10.0 Å². The van der Waals surface area contributed by atoms with Crippen LogP contribution in [-0.2, 0) is 13.2 Å². The van der Waals surface area contributed by atoms with Crippen LogP contribution in [0.1, 0.15) is 32.7 Å². The molecule has 0 saturated heterocycles. The molecule has 1 aromatic heterocycles. The van der Waals surface area contributed by atoms with Crippen LogP contribution in [0, 0.1) is 19.7 Å². The van der Waals surface area contributed by atoms with E-state index >= 15 is 0 Å². The lowest BCUT2D eigenvalue weighted by Gasteiger charge is -2.09. The van der Waals surface area contributed by atoms with Crippen LogP contribution in [-0.4, -0.2) is 15.7 Å². The zero-order chi connectivity index (χ0) is 24.2. The number of rotatable bonds is 7. The summed E-state index contributed by atoms with van der Waals surface area (Å²) < 4.78 is 20.8. The van der Waals surface area contributed by atoms with Crippen molar-refractivity contribution in [3.63, 3.8) is 0 Å². The van der Waals surface area contributed by atoms with Gasteiger partial charge in [-0.3, -0.25) is 9.48 Å². The predicted octanol–water partition coefficient (Wildman–Crippen LogP) is 6.83. The Morgan fingerprint density at radius 1 is 1.00 bits per heavy atom. The zero-order valence-corrected chi connectivity index (χ0v) is 20.1. The number of carbonyl (C=O) groups excluding carboxylic acids is 1. The third-order valence-corrected chi connectivity index (χ3v) is 6.08. The molecule has 1 amide bonds. The second-order valence-electron chi connectivity index (χ2n) is 7.92. The van der Waals surface area contributed by atoms with Gasteiger partial charge in [-0.05, 0) is 73.0 Å². The summed E-state index contributed by atoms with van der Waals surface area (Å²) in [6.45, 7) is 4.53. The van der Waals surface area contributed by atoms with E-state index in [0.717, 1.165) is 28.1 Å². The van der Waals surface area contributed by atoms with Crippen molar-refractivity contribution in [2.24, 2.45) is 0 Å². The van der Waals surface area contributed by atoms with Gasteiger partial charge in [-0.1, -0.05) is 41.4 Å². The number of nitrogens with zero attached hydrogens (tertiary/aromatic N) is 2. The van der Waals surface area contributed by atoms with Crippen LogP contribution in [0.3, 0.4) is 0 Å². The van der Waals surface area contributed by atoms with Crippen molar-refractivity contribution in [3.05, 3.63) is 111 Å². The Bertz CT molecular complexity index is 1340. The fourth-order valence-electron chi connectivity index (χ4n) is 3.36. The standard InChI is InChI=1S/C26H22Cl2FN3O2/c1-16-11-22(9-10-23(16)27)34-15-18-3-5-19(6-4-18)26(33)30-25-12-17(2)32(31-25)14-20-7-8-21(29)13-24(20)28/h3-13H,14-15H2,1-2H3,(H,30,31,33). The highest BCUT2D eigenvalue weighted by Crippen LogP contribution is 2.22. The Morgan fingerprint density at radius 2 is 1.76 bits per heavy atom. The Kier molecular flexibility index (Phi) is 7.20. The van der Waals surface area contributed by atoms with Crippen LogP contribution in [0.4, 0.5) is 10.2 Å². The van der Waals surface area contributed by atoms with Crippen LogP contribution >= 0.6 is 23.2 Å². The van der Waals surface area contributed by atoms with Crippen LogP contribution in [0.25, 0.3) is 0 Å². The van der Waals surface area contributed by atoms with Gasteiger partial charge in [0.15, 0.2) is 5.82 Å². The summed E-state index contributed by atoms with van der Waals surface area (Å²) in [5.74, 6) is 0.490. The number of aryl methyl sites for hydroxylation is 2. The number of amides is 1. The fourth-order valence-corrected chi connectivity index (χ4v) is 3.70. The van der Waals surface area contributed by atoms with Gasteiger partial charge >= 0.3 is 0 Å². The third kappa shape index (κ3) is 5.76. The minimum absolute atomic E-state index is 0.273. The Hall–Kier alpha value is -3.35. The number of anilines is 1. The normalized spacial score (nSPS) is 10.9. The number of aromatic nitrogens is 2. The second-order valence-corrected chi connectivity index (χ2v) is 8.73. The number of halogens is 3. The van der Waals surface area contributed by atoms with Crippen molar-refractivity contribution in [1.82, 2.24) is 9.78 Å². The van der Waals surface area contributed by atoms with E-state index < -0.39 is 5.82 Å². The highest BCUT2D eigenvalue weighted by atomic mass is 35.5. The molecule has 4 aromatic rings. The molecule has 174 valence electrons. The molecule has 0 spiro atoms. The Morgan fingerprint density at radius 3 is 2.47 bits per heavy atom. The van der Waals surface area contributed by atoms with Gasteiger partial charge in [0.2, 0.25) is 0 Å². The molecule has 0 aliphatic carbocycles. The molecule has 4 rings (SSSR count). The van der Waals surface area contributed by atoms with Crippen LogP contribution in [0.15, 0.2) is 66.7 Å². The molecule has 0 saturated carbocycles. The molecule has 1 N–H and O–H groups in total. The number of hydrogen-bond donors (Lipinski definition) is 1. The highest BCUT2D eigenvalue weighted by molar-refractivity contribution is 6.31. The maximum atomic E-state index is 13.3. The molecule has 0 aliphatic heterocycles. The lowest BCUT2D eigenvalue weighted by atomic mass is 10.1. The summed E-state index contributed by atoms with van der Waals surface area (Å²) in [7, 11) is 0. The number of ether oxygens (including phenoxy) is 1. The molecule has 0 aliphatic rings. The highest BCUT2D eigenvalue weighted by Gasteiger charge is 2.12. The van der Waals surface area contributed by atoms with Gasteiger partial charge in [-0.2, -0.15) is 5.10 Å². The van der Waals surface area contributed by atoms with Gasteiger partial charge in [0.05, 0.1) is 6.54 Å². The first-order valence-corrected chi connectivity index (χ1v) is 11.3. The van der Waals surface area contributed by atoms with Gasteiger partial charge in [0, 0.05) is 27.4 Å². The smallest absolute Gasteiger partial charge is 0.256 e. The van der Waals surface area contributed by atoms with Crippen molar-refractivity contribution in [2.45, 2.75) is 27.0 Å². The molecule has 0 atom stereocenters. The largest absolute Gasteiger partial charge is 0.489 e. The number of carbonyl (C=O) groups is 1. The molecule has 0 fully saturated rings. The molecule has 0 radical (unpaired) electrons. The van der Waals surface area contributed by atoms with Crippen molar-refractivity contribution >= 4 is 34.9 Å². The molecule has 3 aromatic carbocycles. The number of nitrogens with one attached hydrogen (secondary N) is 1. The van der Waals surface area contributed by atoms with Crippen molar-refractivity contribution < 1.29 is 13.9 Å². The summed E-state index contributed by atoms with van der Waals surface area (Å²) in [5, 5.41) is 8.27. The molecule has 1 heterocycles. The maximum absolute atomic E-state index is 13.3. The molecule has 5 nitrogen and oxygen atoms in total. The summed E-state index contributed by atoms with van der Waals surface area (Å²) >= 11 is 12.2. The van der Waals surface area contributed by atoms with E-state index in [1.165, 1.54) is 12.1 Å². The predicted molar refractivity (Wildman–Crippen MR) is 132 cm³/mol. The molecule has 0 unspecified atom stereocenters. The van der Waals surface area contributed by atoms with Gasteiger partial charge in [-0.25, -0.2) is 4.39 Å². The monoisotopic (exact) mass is 497 g/mol. The molecule has 0 bridgehead atoms. The van der Waals surface area contributed by atoms with Gasteiger partial charge in [0.25, 0.3) is 5.91 Å². The maximum Gasteiger partial charge on any atom is 0.256 e. The van der Waals surface area contributed by atoms with E-state index in [1.54, 1.807) is 35.0 Å². The quantitative estimate of drug-likeness (QED) is 0.304. The van der Waals surface area contributed by atoms with Crippen molar-refractivity contribution in [2.75, 3.05) is 5.32 Å². The SMILES string of the molecule is Cc1cc(OCc2ccc(C(=O)Nc3cc(C)n(Cc4ccc(F)cc4Cl)n3)cc2)ccc1Cl. The van der Waals surface area contributed by atoms with Gasteiger partial charge in [-0.15, -0.1) is 0 Å². The summed E-state index contributed by atoms with van der Waals surface area (Å²) in [6, 6.07) is 18.7. The minimum atomic E-state index is -0.392. The Labute approximate surface area is 207 Å². The van der Waals surface area contributed by atoms with Crippen molar-refractivity contribution in [3.8, 4) is 5.75 Å². The average molecular weight is 498 g/mol. The third-order valence-electron chi connectivity index (χ3n) is 5.31.